The van der Waals surface area contributed by atoms with Crippen molar-refractivity contribution in [2.45, 2.75) is 83.1 Å². The number of hydrogen-bond donors (Lipinski definition) is 2. The van der Waals surface area contributed by atoms with Crippen LogP contribution in [-0.4, -0.2) is 24.4 Å². The van der Waals surface area contributed by atoms with Crippen LogP contribution >= 0.6 is 0 Å². The van der Waals surface area contributed by atoms with Gasteiger partial charge < -0.3 is 10.6 Å². The maximum Gasteiger partial charge on any atom is 0.242 e. The summed E-state index contributed by atoms with van der Waals surface area (Å²) in [7, 11) is 0. The first-order valence-corrected chi connectivity index (χ1v) is 13.3. The summed E-state index contributed by atoms with van der Waals surface area (Å²) in [5, 5.41) is 6.49. The zero-order valence-electron chi connectivity index (χ0n) is 19.4. The van der Waals surface area contributed by atoms with E-state index in [1.807, 2.05) is 6.07 Å². The molecule has 2 amide bonds. The summed E-state index contributed by atoms with van der Waals surface area (Å²) in [6.45, 7) is 0.671. The molecule has 0 aliphatic heterocycles. The zero-order valence-corrected chi connectivity index (χ0v) is 19.4. The third kappa shape index (κ3) is 4.89. The number of hydrogen-bond acceptors (Lipinski definition) is 2. The van der Waals surface area contributed by atoms with E-state index in [1.54, 1.807) is 0 Å². The van der Waals surface area contributed by atoms with Gasteiger partial charge in [-0.2, -0.15) is 0 Å². The van der Waals surface area contributed by atoms with Gasteiger partial charge in [0.1, 0.15) is 6.04 Å². The lowest BCUT2D eigenvalue weighted by Crippen LogP contribution is -2.57. The smallest absolute Gasteiger partial charge is 0.242 e. The van der Waals surface area contributed by atoms with Crippen LogP contribution in [0.25, 0.3) is 0 Å². The molecular formula is C28H40N2O2. The molecule has 5 saturated carbocycles. The second-order valence-corrected chi connectivity index (χ2v) is 11.2. The van der Waals surface area contributed by atoms with E-state index in [4.69, 9.17) is 0 Å². The Morgan fingerprint density at radius 2 is 1.53 bits per heavy atom. The Kier molecular flexibility index (Phi) is 6.85. The van der Waals surface area contributed by atoms with Crippen LogP contribution in [-0.2, 0) is 16.0 Å². The van der Waals surface area contributed by atoms with Gasteiger partial charge in [-0.3, -0.25) is 9.59 Å². The summed E-state index contributed by atoms with van der Waals surface area (Å²) >= 11 is 0. The molecule has 0 radical (unpaired) electrons. The van der Waals surface area contributed by atoms with Crippen molar-refractivity contribution < 1.29 is 9.59 Å². The summed E-state index contributed by atoms with van der Waals surface area (Å²) in [4.78, 5) is 26.8. The van der Waals surface area contributed by atoms with Gasteiger partial charge in [-0.25, -0.2) is 0 Å². The van der Waals surface area contributed by atoms with Crippen molar-refractivity contribution in [2.75, 3.05) is 6.54 Å². The standard InChI is InChI=1S/C28H40N2O2/c31-27(25-23-15-20-14-21(17-23)18-24(25)16-20)30-26(22-11-5-2-6-12-22)28(32)29-13-7-10-19-8-3-1-4-9-19/h1,3-4,8-9,20-26H,2,5-7,10-18H2,(H,29,32)(H,30,31)/t20?,21?,23?,24?,25?,26-/m0/s1. The first kappa shape index (κ1) is 22.0. The van der Waals surface area contributed by atoms with E-state index in [-0.39, 0.29) is 23.8 Å². The Hall–Kier alpha value is -1.84. The second kappa shape index (κ2) is 9.97. The predicted octanol–water partition coefficient (Wildman–Crippen LogP) is 4.87. The maximum absolute atomic E-state index is 13.5. The van der Waals surface area contributed by atoms with Crippen molar-refractivity contribution in [3.05, 3.63) is 35.9 Å². The molecule has 0 heterocycles. The summed E-state index contributed by atoms with van der Waals surface area (Å²) in [6.07, 6.45) is 14.0. The molecule has 0 spiro atoms. The largest absolute Gasteiger partial charge is 0.354 e. The third-order valence-corrected chi connectivity index (χ3v) is 9.02. The molecule has 1 aromatic carbocycles. The molecule has 1 aromatic rings. The molecule has 6 rings (SSSR count). The quantitative estimate of drug-likeness (QED) is 0.571. The monoisotopic (exact) mass is 436 g/mol. The molecule has 4 nitrogen and oxygen atoms in total. The molecule has 4 heteroatoms. The van der Waals surface area contributed by atoms with Crippen molar-refractivity contribution in [3.63, 3.8) is 0 Å². The summed E-state index contributed by atoms with van der Waals surface area (Å²) < 4.78 is 0. The average molecular weight is 437 g/mol. The van der Waals surface area contributed by atoms with Crippen LogP contribution in [0.15, 0.2) is 30.3 Å². The van der Waals surface area contributed by atoms with Gasteiger partial charge in [0.05, 0.1) is 0 Å². The van der Waals surface area contributed by atoms with Gasteiger partial charge in [0.15, 0.2) is 0 Å². The first-order valence-electron chi connectivity index (χ1n) is 13.3. The van der Waals surface area contributed by atoms with E-state index in [0.29, 0.717) is 24.3 Å². The Bertz CT molecular complexity index is 758. The van der Waals surface area contributed by atoms with Gasteiger partial charge in [0.25, 0.3) is 0 Å². The Labute approximate surface area is 193 Å². The van der Waals surface area contributed by atoms with Crippen molar-refractivity contribution in [1.29, 1.82) is 0 Å². The number of nitrogens with one attached hydrogen (secondary N) is 2. The Morgan fingerprint density at radius 3 is 2.19 bits per heavy atom. The van der Waals surface area contributed by atoms with Crippen LogP contribution < -0.4 is 10.6 Å². The minimum absolute atomic E-state index is 0.0436. The highest BCUT2D eigenvalue weighted by Crippen LogP contribution is 2.56. The highest BCUT2D eigenvalue weighted by molar-refractivity contribution is 5.89. The van der Waals surface area contributed by atoms with Gasteiger partial charge in [0, 0.05) is 12.5 Å². The van der Waals surface area contributed by atoms with Crippen molar-refractivity contribution in [2.24, 2.45) is 35.5 Å². The van der Waals surface area contributed by atoms with Crippen LogP contribution in [0.1, 0.15) is 76.2 Å². The molecule has 32 heavy (non-hydrogen) atoms. The van der Waals surface area contributed by atoms with Crippen LogP contribution in [0.2, 0.25) is 0 Å². The van der Waals surface area contributed by atoms with E-state index in [0.717, 1.165) is 37.5 Å². The predicted molar refractivity (Wildman–Crippen MR) is 127 cm³/mol. The van der Waals surface area contributed by atoms with Gasteiger partial charge in [-0.1, -0.05) is 49.6 Å². The number of carbonyl (C=O) groups is 2. The minimum Gasteiger partial charge on any atom is -0.354 e. The molecule has 2 N–H and O–H groups in total. The molecule has 0 aromatic heterocycles. The molecule has 4 bridgehead atoms. The maximum atomic E-state index is 13.5. The highest BCUT2D eigenvalue weighted by Gasteiger charge is 2.51. The zero-order chi connectivity index (χ0) is 21.9. The van der Waals surface area contributed by atoms with Crippen molar-refractivity contribution >= 4 is 11.8 Å². The van der Waals surface area contributed by atoms with Crippen molar-refractivity contribution in [1.82, 2.24) is 10.6 Å². The molecule has 174 valence electrons. The van der Waals surface area contributed by atoms with Crippen LogP contribution in [0, 0.1) is 35.5 Å². The molecule has 5 fully saturated rings. The second-order valence-electron chi connectivity index (χ2n) is 11.2. The number of aryl methyl sites for hydroxylation is 1. The molecule has 5 aliphatic rings. The van der Waals surface area contributed by atoms with Crippen molar-refractivity contribution in [3.8, 4) is 0 Å². The molecule has 0 saturated heterocycles. The number of rotatable bonds is 8. The summed E-state index contributed by atoms with van der Waals surface area (Å²) in [5.74, 6) is 3.53. The summed E-state index contributed by atoms with van der Waals surface area (Å²) in [5.41, 5.74) is 1.31. The topological polar surface area (TPSA) is 58.2 Å². The Morgan fingerprint density at radius 1 is 0.875 bits per heavy atom. The van der Waals surface area contributed by atoms with Gasteiger partial charge >= 0.3 is 0 Å². The van der Waals surface area contributed by atoms with Crippen LogP contribution in [0.3, 0.4) is 0 Å². The molecular weight excluding hydrogens is 396 g/mol. The average Bonchev–Trinajstić information content (AvgIpc) is 2.81. The normalized spacial score (nSPS) is 32.4. The lowest BCUT2D eigenvalue weighted by atomic mass is 9.51. The molecule has 0 unspecified atom stereocenters. The van der Waals surface area contributed by atoms with E-state index in [2.05, 4.69) is 34.9 Å². The van der Waals surface area contributed by atoms with Gasteiger partial charge in [0.2, 0.25) is 11.8 Å². The third-order valence-electron chi connectivity index (χ3n) is 9.02. The van der Waals surface area contributed by atoms with E-state index >= 15 is 0 Å². The minimum atomic E-state index is -0.350. The SMILES string of the molecule is O=C(N[C@H](C(=O)NCCCc1ccccc1)C1CCCCC1)C1C2CC3CC(C2)CC1C3. The van der Waals surface area contributed by atoms with E-state index in [1.165, 1.54) is 56.9 Å². The number of carbonyl (C=O) groups excluding carboxylic acids is 2. The number of benzene rings is 1. The fourth-order valence-corrected chi connectivity index (χ4v) is 7.73. The van der Waals surface area contributed by atoms with E-state index in [9.17, 15) is 9.59 Å². The van der Waals surface area contributed by atoms with Gasteiger partial charge in [-0.15, -0.1) is 0 Å². The summed E-state index contributed by atoms with van der Waals surface area (Å²) in [6, 6.07) is 10.1. The van der Waals surface area contributed by atoms with Crippen LogP contribution in [0.4, 0.5) is 0 Å². The molecule has 1 atom stereocenters. The Balaban J connectivity index is 1.19. The van der Waals surface area contributed by atoms with Gasteiger partial charge in [-0.05, 0) is 92.9 Å². The highest BCUT2D eigenvalue weighted by atomic mass is 16.2. The fourth-order valence-electron chi connectivity index (χ4n) is 7.73. The lowest BCUT2D eigenvalue weighted by Gasteiger charge is -2.53. The first-order chi connectivity index (χ1) is 15.7. The lowest BCUT2D eigenvalue weighted by molar-refractivity contribution is -0.142. The van der Waals surface area contributed by atoms with E-state index < -0.39 is 0 Å². The van der Waals surface area contributed by atoms with Crippen LogP contribution in [0.5, 0.6) is 0 Å². The fraction of sp³-hybridized carbons (Fsp3) is 0.714. The molecule has 5 aliphatic carbocycles. The number of amides is 2.